The third-order valence-corrected chi connectivity index (χ3v) is 5.17. The molecule has 2 fully saturated rings. The molecule has 1 aliphatic carbocycles. The standard InChI is InChI=1S/C18H20FN7/c1-11-14(19)18(24-15(23-11)12-2-3-12)26-8-6-25(7-9-26)17-13-4-5-20-16(13)21-10-22-17/h4-5,10,12H,2-3,6-9H2,1H3,(H,20,21,22). The van der Waals surface area contributed by atoms with E-state index in [0.29, 0.717) is 30.5 Å². The van der Waals surface area contributed by atoms with Crippen molar-refractivity contribution in [2.24, 2.45) is 0 Å². The Hall–Kier alpha value is -2.77. The second-order valence-electron chi connectivity index (χ2n) is 6.99. The Labute approximate surface area is 150 Å². The molecular weight excluding hydrogens is 333 g/mol. The maximum absolute atomic E-state index is 14.6. The van der Waals surface area contributed by atoms with Gasteiger partial charge in [-0.2, -0.15) is 0 Å². The molecule has 3 aromatic rings. The second kappa shape index (κ2) is 5.89. The van der Waals surface area contributed by atoms with Crippen molar-refractivity contribution < 1.29 is 4.39 Å². The van der Waals surface area contributed by atoms with Crippen LogP contribution in [-0.2, 0) is 0 Å². The molecule has 0 unspecified atom stereocenters. The third-order valence-electron chi connectivity index (χ3n) is 5.17. The summed E-state index contributed by atoms with van der Waals surface area (Å²) in [6.45, 7) is 4.66. The van der Waals surface area contributed by atoms with E-state index in [-0.39, 0.29) is 5.82 Å². The number of anilines is 2. The molecule has 0 aromatic carbocycles. The Morgan fingerprint density at radius 2 is 1.77 bits per heavy atom. The predicted octanol–water partition coefficient (Wildman–Crippen LogP) is 2.40. The lowest BCUT2D eigenvalue weighted by Crippen LogP contribution is -2.47. The van der Waals surface area contributed by atoms with Gasteiger partial charge in [0.05, 0.1) is 11.1 Å². The second-order valence-corrected chi connectivity index (χ2v) is 6.99. The van der Waals surface area contributed by atoms with E-state index < -0.39 is 0 Å². The molecule has 3 aromatic heterocycles. The topological polar surface area (TPSA) is 73.8 Å². The molecule has 1 saturated heterocycles. The molecule has 134 valence electrons. The molecule has 0 amide bonds. The van der Waals surface area contributed by atoms with Crippen LogP contribution in [0.4, 0.5) is 16.0 Å². The summed E-state index contributed by atoms with van der Waals surface area (Å²) in [7, 11) is 0. The fourth-order valence-electron chi connectivity index (χ4n) is 3.54. The van der Waals surface area contributed by atoms with Crippen LogP contribution in [0.2, 0.25) is 0 Å². The summed E-state index contributed by atoms with van der Waals surface area (Å²) < 4.78 is 14.6. The molecule has 7 nitrogen and oxygen atoms in total. The van der Waals surface area contributed by atoms with Crippen molar-refractivity contribution in [3.63, 3.8) is 0 Å². The zero-order valence-electron chi connectivity index (χ0n) is 14.6. The molecule has 4 heterocycles. The van der Waals surface area contributed by atoms with Crippen LogP contribution in [0.3, 0.4) is 0 Å². The maximum Gasteiger partial charge on any atom is 0.186 e. The van der Waals surface area contributed by atoms with Crippen molar-refractivity contribution in [2.75, 3.05) is 36.0 Å². The summed E-state index contributed by atoms with van der Waals surface area (Å²) >= 11 is 0. The first-order chi connectivity index (χ1) is 12.7. The number of aromatic nitrogens is 5. The summed E-state index contributed by atoms with van der Waals surface area (Å²) in [6.07, 6.45) is 5.67. The Bertz CT molecular complexity index is 957. The van der Waals surface area contributed by atoms with E-state index in [1.807, 2.05) is 17.2 Å². The van der Waals surface area contributed by atoms with Gasteiger partial charge in [-0.1, -0.05) is 0 Å². The number of fused-ring (bicyclic) bond motifs is 1. The molecule has 2 aliphatic rings. The van der Waals surface area contributed by atoms with E-state index in [1.165, 1.54) is 0 Å². The zero-order chi connectivity index (χ0) is 17.7. The summed E-state index contributed by atoms with van der Waals surface area (Å²) in [4.78, 5) is 25.0. The van der Waals surface area contributed by atoms with Crippen molar-refractivity contribution in [3.05, 3.63) is 35.9 Å². The molecule has 8 heteroatoms. The van der Waals surface area contributed by atoms with Crippen molar-refractivity contribution in [1.82, 2.24) is 24.9 Å². The van der Waals surface area contributed by atoms with Gasteiger partial charge in [0.25, 0.3) is 0 Å². The Balaban J connectivity index is 1.38. The van der Waals surface area contributed by atoms with Crippen molar-refractivity contribution in [1.29, 1.82) is 0 Å². The van der Waals surface area contributed by atoms with Crippen molar-refractivity contribution >= 4 is 22.7 Å². The van der Waals surface area contributed by atoms with Gasteiger partial charge < -0.3 is 14.8 Å². The number of rotatable bonds is 3. The van der Waals surface area contributed by atoms with Crippen LogP contribution in [0.25, 0.3) is 11.0 Å². The molecule has 1 aliphatic heterocycles. The first-order valence-electron chi connectivity index (χ1n) is 9.03. The highest BCUT2D eigenvalue weighted by Gasteiger charge is 2.30. The number of H-pyrrole nitrogens is 1. The Morgan fingerprint density at radius 3 is 2.50 bits per heavy atom. The highest BCUT2D eigenvalue weighted by molar-refractivity contribution is 5.87. The number of piperazine rings is 1. The number of nitrogens with one attached hydrogen (secondary N) is 1. The van der Waals surface area contributed by atoms with Gasteiger partial charge >= 0.3 is 0 Å². The van der Waals surface area contributed by atoms with E-state index in [9.17, 15) is 4.39 Å². The largest absolute Gasteiger partial charge is 0.352 e. The fourth-order valence-corrected chi connectivity index (χ4v) is 3.54. The van der Waals surface area contributed by atoms with E-state index in [4.69, 9.17) is 0 Å². The van der Waals surface area contributed by atoms with Crippen LogP contribution in [-0.4, -0.2) is 51.1 Å². The molecule has 0 spiro atoms. The smallest absolute Gasteiger partial charge is 0.186 e. The van der Waals surface area contributed by atoms with Gasteiger partial charge in [-0.15, -0.1) is 0 Å². The molecule has 26 heavy (non-hydrogen) atoms. The number of aryl methyl sites for hydroxylation is 1. The minimum atomic E-state index is -0.294. The van der Waals surface area contributed by atoms with Crippen LogP contribution in [0, 0.1) is 12.7 Å². The number of aromatic amines is 1. The highest BCUT2D eigenvalue weighted by Crippen LogP contribution is 2.39. The molecule has 0 bridgehead atoms. The summed E-state index contributed by atoms with van der Waals surface area (Å²) in [5.41, 5.74) is 1.29. The van der Waals surface area contributed by atoms with Gasteiger partial charge in [0.1, 0.15) is 23.6 Å². The minimum Gasteiger partial charge on any atom is -0.352 e. The quantitative estimate of drug-likeness (QED) is 0.779. The van der Waals surface area contributed by atoms with E-state index >= 15 is 0 Å². The number of nitrogens with zero attached hydrogens (tertiary/aromatic N) is 6. The summed E-state index contributed by atoms with van der Waals surface area (Å²) in [5, 5.41) is 1.01. The number of hydrogen-bond donors (Lipinski definition) is 1. The fraction of sp³-hybridized carbons (Fsp3) is 0.444. The SMILES string of the molecule is Cc1nc(C2CC2)nc(N2CCN(c3ncnc4[nH]ccc34)CC2)c1F. The van der Waals surface area contributed by atoms with Gasteiger partial charge in [-0.05, 0) is 25.8 Å². The number of hydrogen-bond acceptors (Lipinski definition) is 6. The lowest BCUT2D eigenvalue weighted by molar-refractivity contribution is 0.569. The van der Waals surface area contributed by atoms with E-state index in [1.54, 1.807) is 13.3 Å². The van der Waals surface area contributed by atoms with Crippen LogP contribution >= 0.6 is 0 Å². The summed E-state index contributed by atoms with van der Waals surface area (Å²) in [5.74, 6) is 2.30. The zero-order valence-corrected chi connectivity index (χ0v) is 14.6. The number of halogens is 1. The van der Waals surface area contributed by atoms with Gasteiger partial charge in [0.15, 0.2) is 11.6 Å². The monoisotopic (exact) mass is 353 g/mol. The maximum atomic E-state index is 14.6. The van der Waals surface area contributed by atoms with Crippen LogP contribution in [0.5, 0.6) is 0 Å². The Morgan fingerprint density at radius 1 is 1.04 bits per heavy atom. The molecule has 0 radical (unpaired) electrons. The Kier molecular flexibility index (Phi) is 3.51. The van der Waals surface area contributed by atoms with Gasteiger partial charge in [-0.25, -0.2) is 24.3 Å². The van der Waals surface area contributed by atoms with Gasteiger partial charge in [0.2, 0.25) is 0 Å². The third kappa shape index (κ3) is 2.56. The van der Waals surface area contributed by atoms with Crippen LogP contribution < -0.4 is 9.80 Å². The lowest BCUT2D eigenvalue weighted by atomic mass is 10.2. The van der Waals surface area contributed by atoms with E-state index in [2.05, 4.69) is 29.8 Å². The average Bonchev–Trinajstić information content (AvgIpc) is 3.40. The van der Waals surface area contributed by atoms with E-state index in [0.717, 1.165) is 48.6 Å². The molecular formula is C18H20FN7. The molecule has 5 rings (SSSR count). The molecule has 1 saturated carbocycles. The lowest BCUT2D eigenvalue weighted by Gasteiger charge is -2.36. The van der Waals surface area contributed by atoms with Gasteiger partial charge in [0, 0.05) is 38.3 Å². The normalized spacial score (nSPS) is 17.9. The highest BCUT2D eigenvalue weighted by atomic mass is 19.1. The first-order valence-corrected chi connectivity index (χ1v) is 9.03. The van der Waals surface area contributed by atoms with Crippen molar-refractivity contribution in [3.8, 4) is 0 Å². The van der Waals surface area contributed by atoms with Crippen LogP contribution in [0.1, 0.15) is 30.3 Å². The molecule has 1 N–H and O–H groups in total. The van der Waals surface area contributed by atoms with Crippen LogP contribution in [0.15, 0.2) is 18.6 Å². The van der Waals surface area contributed by atoms with Gasteiger partial charge in [-0.3, -0.25) is 0 Å². The average molecular weight is 353 g/mol. The minimum absolute atomic E-state index is 0.294. The predicted molar refractivity (Wildman–Crippen MR) is 97.0 cm³/mol. The molecule has 0 atom stereocenters. The first kappa shape index (κ1) is 15.5. The van der Waals surface area contributed by atoms with Crippen molar-refractivity contribution in [2.45, 2.75) is 25.7 Å². The summed E-state index contributed by atoms with van der Waals surface area (Å²) in [6, 6.07) is 1.99.